The average molecular weight is 270 g/mol. The van der Waals surface area contributed by atoms with Crippen LogP contribution in [0.4, 0.5) is 13.2 Å². The van der Waals surface area contributed by atoms with Crippen LogP contribution in [0, 0.1) is 0 Å². The van der Waals surface area contributed by atoms with Gasteiger partial charge in [-0.25, -0.2) is 4.98 Å². The second-order valence-corrected chi connectivity index (χ2v) is 3.75. The highest BCUT2D eigenvalue weighted by Crippen LogP contribution is 2.33. The molecule has 2 rings (SSSR count). The Morgan fingerprint density at radius 1 is 1.26 bits per heavy atom. The molecular weight excluding hydrogens is 261 g/mol. The Morgan fingerprint density at radius 2 is 1.89 bits per heavy atom. The van der Waals surface area contributed by atoms with Crippen LogP contribution in [0.5, 0.6) is 0 Å². The molecule has 0 aliphatic rings. The van der Waals surface area contributed by atoms with Crippen molar-refractivity contribution in [2.45, 2.75) is 13.1 Å². The van der Waals surface area contributed by atoms with Crippen molar-refractivity contribution in [1.29, 1.82) is 0 Å². The maximum atomic E-state index is 12.6. The van der Waals surface area contributed by atoms with Gasteiger partial charge in [0.05, 0.1) is 0 Å². The van der Waals surface area contributed by atoms with Gasteiger partial charge in [-0.2, -0.15) is 13.2 Å². The van der Waals surface area contributed by atoms with E-state index in [1.54, 1.807) is 30.3 Å². The summed E-state index contributed by atoms with van der Waals surface area (Å²) in [7, 11) is 0. The molecule has 0 saturated carbocycles. The molecule has 0 bridgehead atoms. The smallest absolute Gasteiger partial charge is 0.431 e. The standard InChI is InChI=1S/C12H9F3N2O2/c1-7(17-18)10-9(8-5-3-2-4-6-8)16-11(19-10)12(13,14)15/h2-6,18H,1H3/b17-7+. The zero-order valence-electron chi connectivity index (χ0n) is 9.77. The Balaban J connectivity index is 2.62. The van der Waals surface area contributed by atoms with E-state index in [2.05, 4.69) is 14.6 Å². The molecule has 1 heterocycles. The van der Waals surface area contributed by atoms with Gasteiger partial charge in [-0.1, -0.05) is 35.5 Å². The summed E-state index contributed by atoms with van der Waals surface area (Å²) in [6.45, 7) is 1.33. The number of hydrogen-bond donors (Lipinski definition) is 1. The molecule has 7 heteroatoms. The van der Waals surface area contributed by atoms with E-state index >= 15 is 0 Å². The van der Waals surface area contributed by atoms with Crippen LogP contribution in [-0.2, 0) is 6.18 Å². The summed E-state index contributed by atoms with van der Waals surface area (Å²) in [6.07, 6.45) is -4.70. The fourth-order valence-electron chi connectivity index (χ4n) is 1.52. The summed E-state index contributed by atoms with van der Waals surface area (Å²) in [6, 6.07) is 8.22. The highest BCUT2D eigenvalue weighted by Gasteiger charge is 2.39. The first kappa shape index (κ1) is 13.1. The minimum Gasteiger partial charge on any atom is -0.431 e. The lowest BCUT2D eigenvalue weighted by Crippen LogP contribution is -2.04. The minimum absolute atomic E-state index is 0.0109. The number of aromatic nitrogens is 1. The molecule has 19 heavy (non-hydrogen) atoms. The average Bonchev–Trinajstić information content (AvgIpc) is 2.83. The third-order valence-corrected chi connectivity index (χ3v) is 2.40. The molecular formula is C12H9F3N2O2. The van der Waals surface area contributed by atoms with Crippen molar-refractivity contribution in [2.24, 2.45) is 5.16 Å². The van der Waals surface area contributed by atoms with E-state index in [-0.39, 0.29) is 17.2 Å². The highest BCUT2D eigenvalue weighted by molar-refractivity contribution is 6.00. The number of rotatable bonds is 2. The molecule has 100 valence electrons. The quantitative estimate of drug-likeness (QED) is 0.515. The van der Waals surface area contributed by atoms with Gasteiger partial charge < -0.3 is 9.62 Å². The van der Waals surface area contributed by atoms with Crippen molar-refractivity contribution >= 4 is 5.71 Å². The topological polar surface area (TPSA) is 58.6 Å². The molecule has 1 N–H and O–H groups in total. The molecule has 0 saturated heterocycles. The van der Waals surface area contributed by atoms with Gasteiger partial charge in [0.15, 0.2) is 5.76 Å². The van der Waals surface area contributed by atoms with Crippen molar-refractivity contribution < 1.29 is 22.8 Å². The first-order chi connectivity index (χ1) is 8.93. The van der Waals surface area contributed by atoms with Crippen LogP contribution in [0.25, 0.3) is 11.3 Å². The van der Waals surface area contributed by atoms with E-state index in [1.807, 2.05) is 0 Å². The number of halogens is 3. The van der Waals surface area contributed by atoms with Crippen LogP contribution in [0.2, 0.25) is 0 Å². The molecule has 0 aliphatic carbocycles. The van der Waals surface area contributed by atoms with E-state index in [1.165, 1.54) is 6.92 Å². The molecule has 0 amide bonds. The Bertz CT molecular complexity index is 603. The molecule has 0 spiro atoms. The summed E-state index contributed by atoms with van der Waals surface area (Å²) in [5.41, 5.74) is 0.352. The minimum atomic E-state index is -4.70. The van der Waals surface area contributed by atoms with Gasteiger partial charge in [-0.05, 0) is 6.92 Å². The van der Waals surface area contributed by atoms with E-state index in [4.69, 9.17) is 5.21 Å². The lowest BCUT2D eigenvalue weighted by Gasteiger charge is -1.98. The number of hydrogen-bond acceptors (Lipinski definition) is 4. The maximum Gasteiger partial charge on any atom is 0.468 e. The van der Waals surface area contributed by atoms with Gasteiger partial charge in [0.25, 0.3) is 0 Å². The van der Waals surface area contributed by atoms with Crippen molar-refractivity contribution in [3.8, 4) is 11.3 Å². The Labute approximate surface area is 106 Å². The van der Waals surface area contributed by atoms with Crippen molar-refractivity contribution in [3.63, 3.8) is 0 Å². The van der Waals surface area contributed by atoms with Gasteiger partial charge in [-0.15, -0.1) is 0 Å². The summed E-state index contributed by atoms with van der Waals surface area (Å²) in [5.74, 6) is -1.58. The second-order valence-electron chi connectivity index (χ2n) is 3.75. The zero-order valence-corrected chi connectivity index (χ0v) is 9.77. The number of benzene rings is 1. The monoisotopic (exact) mass is 270 g/mol. The van der Waals surface area contributed by atoms with Crippen molar-refractivity contribution in [3.05, 3.63) is 42.0 Å². The summed E-state index contributed by atoms with van der Waals surface area (Å²) in [4.78, 5) is 3.44. The molecule has 2 aromatic rings. The summed E-state index contributed by atoms with van der Waals surface area (Å²) >= 11 is 0. The second kappa shape index (κ2) is 4.75. The van der Waals surface area contributed by atoms with Crippen LogP contribution >= 0.6 is 0 Å². The maximum absolute atomic E-state index is 12.6. The number of oxime groups is 1. The molecule has 1 aromatic heterocycles. The van der Waals surface area contributed by atoms with E-state index in [9.17, 15) is 13.2 Å². The number of nitrogens with zero attached hydrogens (tertiary/aromatic N) is 2. The Kier molecular flexibility index (Phi) is 3.28. The predicted molar refractivity (Wildman–Crippen MR) is 60.9 cm³/mol. The largest absolute Gasteiger partial charge is 0.468 e. The molecule has 1 aromatic carbocycles. The van der Waals surface area contributed by atoms with Gasteiger partial charge >= 0.3 is 12.1 Å². The predicted octanol–water partition coefficient (Wildman–Crippen LogP) is 3.56. The van der Waals surface area contributed by atoms with Gasteiger partial charge in [-0.3, -0.25) is 0 Å². The zero-order chi connectivity index (χ0) is 14.0. The first-order valence-corrected chi connectivity index (χ1v) is 5.26. The molecule has 0 unspecified atom stereocenters. The third-order valence-electron chi connectivity index (χ3n) is 2.40. The van der Waals surface area contributed by atoms with Crippen LogP contribution < -0.4 is 0 Å². The lowest BCUT2D eigenvalue weighted by molar-refractivity contribution is -0.157. The normalized spacial score (nSPS) is 12.7. The van der Waals surface area contributed by atoms with Gasteiger partial charge in [0.2, 0.25) is 0 Å². The van der Waals surface area contributed by atoms with Gasteiger partial charge in [0.1, 0.15) is 11.4 Å². The molecule has 4 nitrogen and oxygen atoms in total. The van der Waals surface area contributed by atoms with Crippen molar-refractivity contribution in [1.82, 2.24) is 4.98 Å². The molecule has 0 radical (unpaired) electrons. The van der Waals surface area contributed by atoms with Crippen LogP contribution in [0.3, 0.4) is 0 Å². The molecule has 0 fully saturated rings. The Morgan fingerprint density at radius 3 is 2.42 bits per heavy atom. The van der Waals surface area contributed by atoms with Crippen LogP contribution in [0.15, 0.2) is 39.9 Å². The molecule has 0 atom stereocenters. The van der Waals surface area contributed by atoms with Crippen LogP contribution in [-0.4, -0.2) is 15.9 Å². The Hall–Kier alpha value is -2.31. The molecule has 0 aliphatic heterocycles. The van der Waals surface area contributed by atoms with Crippen molar-refractivity contribution in [2.75, 3.05) is 0 Å². The summed E-state index contributed by atoms with van der Waals surface area (Å²) < 4.78 is 42.5. The SMILES string of the molecule is C/C(=N\O)c1oc(C(F)(F)F)nc1-c1ccccc1. The number of oxazole rings is 1. The fourth-order valence-corrected chi connectivity index (χ4v) is 1.52. The van der Waals surface area contributed by atoms with Gasteiger partial charge in [0, 0.05) is 5.56 Å². The van der Waals surface area contributed by atoms with E-state index in [0.717, 1.165) is 0 Å². The fraction of sp³-hybridized carbons (Fsp3) is 0.167. The first-order valence-electron chi connectivity index (χ1n) is 5.26. The lowest BCUT2D eigenvalue weighted by atomic mass is 10.1. The van der Waals surface area contributed by atoms with Crippen LogP contribution in [0.1, 0.15) is 18.6 Å². The summed E-state index contributed by atoms with van der Waals surface area (Å²) in [5, 5.41) is 11.5. The number of alkyl halides is 3. The van der Waals surface area contributed by atoms with E-state index < -0.39 is 12.1 Å². The van der Waals surface area contributed by atoms with E-state index in [0.29, 0.717) is 5.56 Å². The third kappa shape index (κ3) is 2.59. The highest BCUT2D eigenvalue weighted by atomic mass is 19.4.